The van der Waals surface area contributed by atoms with Gasteiger partial charge in [-0.25, -0.2) is 0 Å². The van der Waals surface area contributed by atoms with Crippen molar-refractivity contribution < 1.29 is 51.0 Å². The molecule has 4 fully saturated rings. The van der Waals surface area contributed by atoms with Crippen molar-refractivity contribution in [2.24, 2.45) is 23.7 Å². The third-order valence-corrected chi connectivity index (χ3v) is 8.77. The molecule has 0 amide bonds. The molecule has 0 heterocycles. The first kappa shape index (κ1) is 23.5. The van der Waals surface area contributed by atoms with Crippen LogP contribution in [-0.2, 0) is 38.0 Å². The van der Waals surface area contributed by atoms with Crippen LogP contribution in [0.5, 0.6) is 0 Å². The van der Waals surface area contributed by atoms with Crippen molar-refractivity contribution in [3.8, 4) is 11.1 Å². The van der Waals surface area contributed by atoms with Gasteiger partial charge >= 0.3 is 26.2 Å². The van der Waals surface area contributed by atoms with Gasteiger partial charge in [0.1, 0.15) is 0 Å². The maximum Gasteiger partial charge on any atom is 3.00 e. The van der Waals surface area contributed by atoms with Gasteiger partial charge in [0.2, 0.25) is 0 Å². The predicted molar refractivity (Wildman–Crippen MR) is 115 cm³/mol. The second kappa shape index (κ2) is 8.63. The second-order valence-corrected chi connectivity index (χ2v) is 9.98. The van der Waals surface area contributed by atoms with Gasteiger partial charge in [-0.2, -0.15) is 12.8 Å². The number of fused-ring (bicyclic) bond motifs is 3. The molecule has 157 valence electrons. The van der Waals surface area contributed by atoms with Crippen molar-refractivity contribution >= 4 is 0 Å². The van der Waals surface area contributed by atoms with Crippen LogP contribution in [0.1, 0.15) is 48.8 Å². The molecule has 8 rings (SSSR count). The van der Waals surface area contributed by atoms with Gasteiger partial charge in [0.15, 0.2) is 0 Å². The summed E-state index contributed by atoms with van der Waals surface area (Å²) in [4.78, 5) is 0. The van der Waals surface area contributed by atoms with Crippen LogP contribution in [0.2, 0.25) is 0 Å². The van der Waals surface area contributed by atoms with Crippen LogP contribution < -0.4 is 24.8 Å². The summed E-state index contributed by atoms with van der Waals surface area (Å²) in [5.41, 5.74) is 8.07. The molecule has 0 saturated heterocycles. The van der Waals surface area contributed by atoms with E-state index in [0.29, 0.717) is 5.92 Å². The molecule has 2 aromatic rings. The van der Waals surface area contributed by atoms with Crippen molar-refractivity contribution in [3.05, 3.63) is 89.4 Å². The van der Waals surface area contributed by atoms with Crippen molar-refractivity contribution in [1.29, 1.82) is 0 Å². The van der Waals surface area contributed by atoms with Crippen LogP contribution in [0.15, 0.2) is 66.8 Å². The molecule has 4 saturated carbocycles. The summed E-state index contributed by atoms with van der Waals surface area (Å²) < 4.78 is 0. The van der Waals surface area contributed by atoms with Gasteiger partial charge in [0.25, 0.3) is 0 Å². The van der Waals surface area contributed by atoms with E-state index in [2.05, 4.69) is 66.8 Å². The topological polar surface area (TPSA) is 0 Å². The van der Waals surface area contributed by atoms with Crippen LogP contribution in [0.25, 0.3) is 11.1 Å². The van der Waals surface area contributed by atoms with E-state index >= 15 is 0 Å². The van der Waals surface area contributed by atoms with Gasteiger partial charge < -0.3 is 30.7 Å². The van der Waals surface area contributed by atoms with Crippen LogP contribution in [0.4, 0.5) is 0 Å². The normalized spacial score (nSPS) is 31.5. The molecule has 0 aromatic heterocycles. The Kier molecular flexibility index (Phi) is 6.55. The van der Waals surface area contributed by atoms with Crippen LogP contribution in [0.3, 0.4) is 0 Å². The van der Waals surface area contributed by atoms with Gasteiger partial charge in [-0.3, -0.25) is 0 Å². The summed E-state index contributed by atoms with van der Waals surface area (Å²) in [7, 11) is 0. The molecular formula is C28H27Cl2Zr. The fraction of sp³-hybridized carbons (Fsp3) is 0.393. The summed E-state index contributed by atoms with van der Waals surface area (Å²) >= 11 is 0. The summed E-state index contributed by atoms with van der Waals surface area (Å²) in [6, 6.07) is 16.3. The first-order valence-corrected chi connectivity index (χ1v) is 11.2. The summed E-state index contributed by atoms with van der Waals surface area (Å²) in [5, 5.41) is 0. The van der Waals surface area contributed by atoms with E-state index in [9.17, 15) is 0 Å². The first-order chi connectivity index (χ1) is 13.8. The van der Waals surface area contributed by atoms with E-state index in [1.807, 2.05) is 5.92 Å². The third-order valence-electron chi connectivity index (χ3n) is 8.77. The van der Waals surface area contributed by atoms with Crippen molar-refractivity contribution in [3.63, 3.8) is 0 Å². The molecule has 1 radical (unpaired) electrons. The first-order valence-electron chi connectivity index (χ1n) is 11.2. The van der Waals surface area contributed by atoms with Gasteiger partial charge in [-0.05, 0) is 34.6 Å². The number of benzene rings is 2. The fourth-order valence-corrected chi connectivity index (χ4v) is 8.05. The molecule has 31 heavy (non-hydrogen) atoms. The van der Waals surface area contributed by atoms with E-state index in [4.69, 9.17) is 0 Å². The van der Waals surface area contributed by atoms with Gasteiger partial charge in [0, 0.05) is 0 Å². The monoisotopic (exact) mass is 523 g/mol. The smallest absolute Gasteiger partial charge is 1.00 e. The minimum Gasteiger partial charge on any atom is -1.00 e. The Labute approximate surface area is 217 Å². The zero-order chi connectivity index (χ0) is 18.3. The van der Waals surface area contributed by atoms with Crippen molar-refractivity contribution in [1.82, 2.24) is 0 Å². The minimum absolute atomic E-state index is 0. The van der Waals surface area contributed by atoms with E-state index in [-0.39, 0.29) is 56.4 Å². The number of allylic oxidation sites excluding steroid dienone is 4. The molecule has 3 heteroatoms. The SMILES string of the molecule is C1=CC(C2(c3cccc4c3Cc3ccccc3-4)[C-]3CC4CC(C3)CC2C4)C=C1.[Cl-].[Cl-].[Zr+3]. The van der Waals surface area contributed by atoms with Crippen molar-refractivity contribution in [2.45, 2.75) is 43.9 Å². The Morgan fingerprint density at radius 3 is 2.16 bits per heavy atom. The predicted octanol–water partition coefficient (Wildman–Crippen LogP) is 0.658. The Morgan fingerprint density at radius 2 is 1.45 bits per heavy atom. The van der Waals surface area contributed by atoms with Crippen LogP contribution in [0, 0.1) is 29.6 Å². The Bertz CT molecular complexity index is 997. The van der Waals surface area contributed by atoms with Gasteiger partial charge in [0.05, 0.1) is 0 Å². The van der Waals surface area contributed by atoms with E-state index in [0.717, 1.165) is 24.2 Å². The largest absolute Gasteiger partial charge is 3.00 e. The summed E-state index contributed by atoms with van der Waals surface area (Å²) in [6.07, 6.45) is 17.9. The number of halogens is 2. The van der Waals surface area contributed by atoms with E-state index < -0.39 is 0 Å². The summed E-state index contributed by atoms with van der Waals surface area (Å²) in [5.74, 6) is 5.25. The maximum atomic E-state index is 2.51. The molecule has 4 bridgehead atoms. The zero-order valence-corrected chi connectivity index (χ0v) is 21.6. The molecule has 2 aromatic carbocycles. The van der Waals surface area contributed by atoms with Crippen LogP contribution >= 0.6 is 0 Å². The van der Waals surface area contributed by atoms with Gasteiger partial charge in [-0.15, -0.1) is 5.41 Å². The molecule has 0 nitrogen and oxygen atoms in total. The zero-order valence-electron chi connectivity index (χ0n) is 17.7. The average molecular weight is 526 g/mol. The molecule has 6 aliphatic carbocycles. The Hall–Kier alpha value is -0.617. The minimum atomic E-state index is 0. The average Bonchev–Trinajstić information content (AvgIpc) is 3.36. The molecule has 0 aliphatic heterocycles. The number of hydrogen-bond donors (Lipinski definition) is 0. The molecular weight excluding hydrogens is 498 g/mol. The van der Waals surface area contributed by atoms with E-state index in [1.165, 1.54) is 48.8 Å². The van der Waals surface area contributed by atoms with E-state index in [1.54, 1.807) is 11.1 Å². The Balaban J connectivity index is 0.000000771. The Morgan fingerprint density at radius 1 is 0.774 bits per heavy atom. The molecule has 6 aliphatic rings. The molecule has 3 atom stereocenters. The standard InChI is InChI=1S/C28H27.2ClH.Zr/c1-4-9-24-20(6-1)17-26-25(24)10-5-11-27(26)28(21-7-2-3-8-21)22-13-18-12-19(15-22)16-23(28)14-18;;;/h1-11,18-19,21-22H,12-17H2;2*1H;/q-1;;;+3/p-2. The fourth-order valence-electron chi connectivity index (χ4n) is 8.05. The number of rotatable bonds is 2. The second-order valence-electron chi connectivity index (χ2n) is 9.98. The molecule has 0 N–H and O–H groups in total. The molecule has 0 spiro atoms. The number of hydrogen-bond acceptors (Lipinski definition) is 0. The van der Waals surface area contributed by atoms with Crippen molar-refractivity contribution in [2.75, 3.05) is 0 Å². The van der Waals surface area contributed by atoms with Crippen LogP contribution in [-0.4, -0.2) is 0 Å². The maximum absolute atomic E-state index is 2.51. The third kappa shape index (κ3) is 3.17. The molecule has 3 unspecified atom stereocenters. The van der Waals surface area contributed by atoms with Gasteiger partial charge in [-0.1, -0.05) is 109 Å². The quantitative estimate of drug-likeness (QED) is 0.432. The summed E-state index contributed by atoms with van der Waals surface area (Å²) in [6.45, 7) is 0.